The summed E-state index contributed by atoms with van der Waals surface area (Å²) in [6.07, 6.45) is 1.59. The number of nitrogens with one attached hydrogen (secondary N) is 2. The van der Waals surface area contributed by atoms with Crippen molar-refractivity contribution in [1.29, 1.82) is 0 Å². The lowest BCUT2D eigenvalue weighted by atomic mass is 9.96. The quantitative estimate of drug-likeness (QED) is 0.456. The first-order chi connectivity index (χ1) is 17.3. The van der Waals surface area contributed by atoms with Gasteiger partial charge in [0.2, 0.25) is 0 Å². The largest absolute Gasteiger partial charge is 0.464 e. The van der Waals surface area contributed by atoms with Gasteiger partial charge in [-0.15, -0.1) is 0 Å². The summed E-state index contributed by atoms with van der Waals surface area (Å²) < 4.78 is 9.86. The van der Waals surface area contributed by atoms with Crippen LogP contribution in [-0.2, 0) is 25.6 Å². The summed E-state index contributed by atoms with van der Waals surface area (Å²) in [5.74, 6) is -2.03. The number of hydrogen-bond donors (Lipinski definition) is 2. The Morgan fingerprint density at radius 2 is 1.69 bits per heavy atom. The Morgan fingerprint density at radius 3 is 2.36 bits per heavy atom. The maximum Gasteiger partial charge on any atom is 0.353 e. The van der Waals surface area contributed by atoms with Gasteiger partial charge in [-0.2, -0.15) is 0 Å². The van der Waals surface area contributed by atoms with Crippen LogP contribution < -0.4 is 10.6 Å². The lowest BCUT2D eigenvalue weighted by Crippen LogP contribution is -2.38. The van der Waals surface area contributed by atoms with E-state index in [2.05, 4.69) is 28.5 Å². The summed E-state index contributed by atoms with van der Waals surface area (Å²) in [6.45, 7) is 8.61. The number of amides is 3. The molecule has 36 heavy (non-hydrogen) atoms. The van der Waals surface area contributed by atoms with Crippen LogP contribution in [0, 0.1) is 0 Å². The molecule has 0 atom stereocenters. The average Bonchev–Trinajstić information content (AvgIpc) is 3.24. The number of carbonyl (C=O) groups excluding carboxylic acids is 4. The van der Waals surface area contributed by atoms with Crippen LogP contribution in [0.2, 0.25) is 0 Å². The molecular formula is C27H27N3O6. The normalized spacial score (nSPS) is 15.1. The van der Waals surface area contributed by atoms with E-state index < -0.39 is 11.9 Å². The topological polar surface area (TPSA) is 114 Å². The smallest absolute Gasteiger partial charge is 0.353 e. The third-order valence-corrected chi connectivity index (χ3v) is 6.27. The third kappa shape index (κ3) is 5.06. The van der Waals surface area contributed by atoms with Crippen LogP contribution in [0.15, 0.2) is 67.0 Å². The van der Waals surface area contributed by atoms with Crippen LogP contribution in [0.5, 0.6) is 0 Å². The van der Waals surface area contributed by atoms with E-state index in [1.54, 1.807) is 24.3 Å². The molecular weight excluding hydrogens is 462 g/mol. The standard InChI is InChI=1S/C27H27N3O6/c1-16(27(34)35-3)28-24(31)17(2)30-15-23-21(5-4-6-22(23)26(30)33)18-7-9-19(10-8-18)25(32)29-20-11-13-36-14-12-20/h4-10,20H,1-2,11-15H2,3H3,(H,28,31)(H,29,32). The molecule has 2 heterocycles. The molecule has 2 aliphatic heterocycles. The van der Waals surface area contributed by atoms with Gasteiger partial charge in [-0.25, -0.2) is 4.79 Å². The van der Waals surface area contributed by atoms with E-state index in [4.69, 9.17) is 4.74 Å². The Morgan fingerprint density at radius 1 is 1.03 bits per heavy atom. The minimum atomic E-state index is -0.792. The van der Waals surface area contributed by atoms with E-state index in [1.165, 1.54) is 12.0 Å². The number of benzene rings is 2. The van der Waals surface area contributed by atoms with Crippen LogP contribution in [-0.4, -0.2) is 55.0 Å². The Bertz CT molecular complexity index is 1240. The molecule has 0 unspecified atom stereocenters. The maximum atomic E-state index is 13.0. The fraction of sp³-hybridized carbons (Fsp3) is 0.259. The Balaban J connectivity index is 1.49. The van der Waals surface area contributed by atoms with Gasteiger partial charge in [0, 0.05) is 30.4 Å². The molecule has 2 aliphatic rings. The lowest BCUT2D eigenvalue weighted by molar-refractivity contribution is -0.137. The SMILES string of the molecule is C=C(NC(=O)C(=C)N1Cc2c(cccc2-c2ccc(C(=O)NC3CCOCC3)cc2)C1=O)C(=O)OC. The summed E-state index contributed by atoms with van der Waals surface area (Å²) >= 11 is 0. The Kier molecular flexibility index (Phi) is 7.30. The van der Waals surface area contributed by atoms with Crippen molar-refractivity contribution in [2.24, 2.45) is 0 Å². The fourth-order valence-electron chi connectivity index (χ4n) is 4.24. The molecule has 9 nitrogen and oxygen atoms in total. The van der Waals surface area contributed by atoms with Crippen LogP contribution in [0.25, 0.3) is 11.1 Å². The van der Waals surface area contributed by atoms with Gasteiger partial charge in [-0.3, -0.25) is 19.3 Å². The predicted molar refractivity (Wildman–Crippen MR) is 131 cm³/mol. The van der Waals surface area contributed by atoms with E-state index in [-0.39, 0.29) is 35.8 Å². The summed E-state index contributed by atoms with van der Waals surface area (Å²) in [5, 5.41) is 5.34. The second kappa shape index (κ2) is 10.6. The van der Waals surface area contributed by atoms with Gasteiger partial charge in [0.25, 0.3) is 17.7 Å². The molecule has 1 saturated heterocycles. The lowest BCUT2D eigenvalue weighted by Gasteiger charge is -2.23. The summed E-state index contributed by atoms with van der Waals surface area (Å²) in [5.41, 5.74) is 3.01. The first-order valence-corrected chi connectivity index (χ1v) is 11.5. The highest BCUT2D eigenvalue weighted by Crippen LogP contribution is 2.34. The summed E-state index contributed by atoms with van der Waals surface area (Å²) in [7, 11) is 1.17. The van der Waals surface area contributed by atoms with Crippen LogP contribution in [0.3, 0.4) is 0 Å². The van der Waals surface area contributed by atoms with Gasteiger partial charge in [-0.1, -0.05) is 37.4 Å². The molecule has 186 valence electrons. The maximum absolute atomic E-state index is 13.0. The molecule has 2 aromatic rings. The van der Waals surface area contributed by atoms with E-state index in [1.807, 2.05) is 18.2 Å². The zero-order chi connectivity index (χ0) is 25.8. The zero-order valence-electron chi connectivity index (χ0n) is 20.0. The van der Waals surface area contributed by atoms with Crippen molar-refractivity contribution in [2.45, 2.75) is 25.4 Å². The van der Waals surface area contributed by atoms with Crippen molar-refractivity contribution in [3.05, 3.63) is 83.7 Å². The number of esters is 1. The number of ether oxygens (including phenoxy) is 2. The van der Waals surface area contributed by atoms with Gasteiger partial charge in [-0.05, 0) is 47.7 Å². The minimum Gasteiger partial charge on any atom is -0.464 e. The van der Waals surface area contributed by atoms with E-state index in [0.717, 1.165) is 29.5 Å². The number of rotatable bonds is 7. The molecule has 9 heteroatoms. The van der Waals surface area contributed by atoms with Crippen molar-refractivity contribution in [3.8, 4) is 11.1 Å². The van der Waals surface area contributed by atoms with Crippen molar-refractivity contribution in [3.63, 3.8) is 0 Å². The number of hydrogen-bond acceptors (Lipinski definition) is 6. The molecule has 3 amide bonds. The molecule has 0 radical (unpaired) electrons. The first kappa shape index (κ1) is 24.9. The van der Waals surface area contributed by atoms with Crippen molar-refractivity contribution in [1.82, 2.24) is 15.5 Å². The van der Waals surface area contributed by atoms with Crippen molar-refractivity contribution in [2.75, 3.05) is 20.3 Å². The van der Waals surface area contributed by atoms with Gasteiger partial charge >= 0.3 is 5.97 Å². The highest BCUT2D eigenvalue weighted by atomic mass is 16.5. The molecule has 0 aliphatic carbocycles. The van der Waals surface area contributed by atoms with Gasteiger partial charge < -0.3 is 20.1 Å². The van der Waals surface area contributed by atoms with E-state index in [9.17, 15) is 19.2 Å². The first-order valence-electron chi connectivity index (χ1n) is 11.5. The molecule has 1 fully saturated rings. The van der Waals surface area contributed by atoms with Crippen LogP contribution in [0.4, 0.5) is 0 Å². The second-order valence-corrected chi connectivity index (χ2v) is 8.53. The summed E-state index contributed by atoms with van der Waals surface area (Å²) in [6, 6.07) is 12.6. The molecule has 0 spiro atoms. The number of methoxy groups -OCH3 is 1. The Labute approximate surface area is 208 Å². The highest BCUT2D eigenvalue weighted by Gasteiger charge is 2.33. The highest BCUT2D eigenvalue weighted by molar-refractivity contribution is 6.08. The summed E-state index contributed by atoms with van der Waals surface area (Å²) in [4.78, 5) is 51.0. The fourth-order valence-corrected chi connectivity index (χ4v) is 4.24. The molecule has 0 aromatic heterocycles. The molecule has 0 saturated carbocycles. The van der Waals surface area contributed by atoms with Gasteiger partial charge in [0.1, 0.15) is 11.4 Å². The number of nitrogens with zero attached hydrogens (tertiary/aromatic N) is 1. The molecule has 4 rings (SSSR count). The molecule has 2 aromatic carbocycles. The van der Waals surface area contributed by atoms with E-state index >= 15 is 0 Å². The monoisotopic (exact) mass is 489 g/mol. The minimum absolute atomic E-state index is 0.107. The van der Waals surface area contributed by atoms with Crippen molar-refractivity contribution < 1.29 is 28.7 Å². The van der Waals surface area contributed by atoms with Crippen LogP contribution in [0.1, 0.15) is 39.1 Å². The third-order valence-electron chi connectivity index (χ3n) is 6.27. The van der Waals surface area contributed by atoms with E-state index in [0.29, 0.717) is 24.3 Å². The van der Waals surface area contributed by atoms with Gasteiger partial charge in [0.05, 0.1) is 13.7 Å². The number of fused-ring (bicyclic) bond motifs is 1. The van der Waals surface area contributed by atoms with Crippen molar-refractivity contribution >= 4 is 23.7 Å². The second-order valence-electron chi connectivity index (χ2n) is 8.53. The van der Waals surface area contributed by atoms with Crippen LogP contribution >= 0.6 is 0 Å². The number of carbonyl (C=O) groups is 4. The molecule has 0 bridgehead atoms. The Hall–Kier alpha value is -4.24. The molecule has 2 N–H and O–H groups in total. The zero-order valence-corrected chi connectivity index (χ0v) is 20.0. The van der Waals surface area contributed by atoms with Gasteiger partial charge in [0.15, 0.2) is 0 Å². The average molecular weight is 490 g/mol. The predicted octanol–water partition coefficient (Wildman–Crippen LogP) is 2.53.